The Morgan fingerprint density at radius 1 is 1.30 bits per heavy atom. The minimum atomic E-state index is -0.692. The highest BCUT2D eigenvalue weighted by Crippen LogP contribution is 2.52. The SMILES string of the molecule is Cc1[nH]c2ccc(C(C)(C)C)cc2c1C1(C(=O)O)CC1. The summed E-state index contributed by atoms with van der Waals surface area (Å²) >= 11 is 0. The number of hydrogen-bond acceptors (Lipinski definition) is 1. The number of rotatable bonds is 2. The number of hydrogen-bond donors (Lipinski definition) is 2. The Morgan fingerprint density at radius 2 is 1.95 bits per heavy atom. The van der Waals surface area contributed by atoms with Crippen molar-refractivity contribution in [2.75, 3.05) is 0 Å². The van der Waals surface area contributed by atoms with E-state index >= 15 is 0 Å². The van der Waals surface area contributed by atoms with Gasteiger partial charge in [0, 0.05) is 16.6 Å². The minimum Gasteiger partial charge on any atom is -0.481 e. The fourth-order valence-corrected chi connectivity index (χ4v) is 3.11. The van der Waals surface area contributed by atoms with E-state index in [1.807, 2.05) is 6.92 Å². The van der Waals surface area contributed by atoms with Gasteiger partial charge in [-0.15, -0.1) is 0 Å². The molecule has 1 fully saturated rings. The van der Waals surface area contributed by atoms with E-state index in [-0.39, 0.29) is 5.41 Å². The number of carbonyl (C=O) groups is 1. The number of aromatic amines is 1. The maximum absolute atomic E-state index is 11.6. The summed E-state index contributed by atoms with van der Waals surface area (Å²) < 4.78 is 0. The third-order valence-corrected chi connectivity index (χ3v) is 4.49. The Kier molecular flexibility index (Phi) is 2.56. The van der Waals surface area contributed by atoms with Gasteiger partial charge < -0.3 is 10.1 Å². The number of H-pyrrole nitrogens is 1. The highest BCUT2D eigenvalue weighted by atomic mass is 16.4. The normalized spacial score (nSPS) is 17.4. The Labute approximate surface area is 119 Å². The van der Waals surface area contributed by atoms with Crippen LogP contribution in [0, 0.1) is 6.92 Å². The molecular formula is C17H21NO2. The molecule has 1 heterocycles. The lowest BCUT2D eigenvalue weighted by Gasteiger charge is -2.19. The molecule has 1 saturated carbocycles. The van der Waals surface area contributed by atoms with Crippen LogP contribution in [-0.4, -0.2) is 16.1 Å². The van der Waals surface area contributed by atoms with E-state index in [0.29, 0.717) is 0 Å². The Hall–Kier alpha value is -1.77. The third-order valence-electron chi connectivity index (χ3n) is 4.49. The zero-order chi connectivity index (χ0) is 14.7. The van der Waals surface area contributed by atoms with Crippen LogP contribution in [0.25, 0.3) is 10.9 Å². The van der Waals surface area contributed by atoms with E-state index < -0.39 is 11.4 Å². The van der Waals surface area contributed by atoms with Crippen LogP contribution in [0.5, 0.6) is 0 Å². The number of aliphatic carboxylic acids is 1. The number of benzene rings is 1. The average molecular weight is 271 g/mol. The van der Waals surface area contributed by atoms with Crippen molar-refractivity contribution in [3.63, 3.8) is 0 Å². The maximum atomic E-state index is 11.6. The van der Waals surface area contributed by atoms with E-state index in [2.05, 4.69) is 44.0 Å². The fraction of sp³-hybridized carbons (Fsp3) is 0.471. The first kappa shape index (κ1) is 13.2. The fourth-order valence-electron chi connectivity index (χ4n) is 3.11. The summed E-state index contributed by atoms with van der Waals surface area (Å²) in [6.07, 6.45) is 1.49. The maximum Gasteiger partial charge on any atom is 0.314 e. The van der Waals surface area contributed by atoms with Crippen molar-refractivity contribution in [1.29, 1.82) is 0 Å². The van der Waals surface area contributed by atoms with Gasteiger partial charge in [0.2, 0.25) is 0 Å². The molecule has 2 aromatic rings. The first-order valence-corrected chi connectivity index (χ1v) is 7.12. The highest BCUT2D eigenvalue weighted by molar-refractivity contribution is 5.95. The number of nitrogens with one attached hydrogen (secondary N) is 1. The van der Waals surface area contributed by atoms with Gasteiger partial charge in [-0.2, -0.15) is 0 Å². The molecule has 3 rings (SSSR count). The molecule has 1 aromatic carbocycles. The second-order valence-electron chi connectivity index (χ2n) is 7.02. The summed E-state index contributed by atoms with van der Waals surface area (Å²) in [5.41, 5.74) is 3.68. The van der Waals surface area contributed by atoms with E-state index in [1.54, 1.807) is 0 Å². The lowest BCUT2D eigenvalue weighted by Crippen LogP contribution is -2.20. The van der Waals surface area contributed by atoms with E-state index in [4.69, 9.17) is 0 Å². The molecule has 3 nitrogen and oxygen atoms in total. The van der Waals surface area contributed by atoms with Gasteiger partial charge in [-0.1, -0.05) is 26.8 Å². The number of fused-ring (bicyclic) bond motifs is 1. The molecule has 0 bridgehead atoms. The van der Waals surface area contributed by atoms with Crippen molar-refractivity contribution >= 4 is 16.9 Å². The molecule has 0 radical (unpaired) electrons. The van der Waals surface area contributed by atoms with Crippen LogP contribution in [0.3, 0.4) is 0 Å². The predicted octanol–water partition coefficient (Wildman–Crippen LogP) is 3.89. The van der Waals surface area contributed by atoms with Crippen molar-refractivity contribution in [2.45, 2.75) is 51.4 Å². The van der Waals surface area contributed by atoms with Crippen molar-refractivity contribution in [2.24, 2.45) is 0 Å². The Morgan fingerprint density at radius 3 is 2.45 bits per heavy atom. The zero-order valence-electron chi connectivity index (χ0n) is 12.5. The number of aromatic nitrogens is 1. The second kappa shape index (κ2) is 3.87. The van der Waals surface area contributed by atoms with Gasteiger partial charge in [0.25, 0.3) is 0 Å². The quantitative estimate of drug-likeness (QED) is 0.870. The van der Waals surface area contributed by atoms with Gasteiger partial charge >= 0.3 is 5.97 Å². The molecule has 106 valence electrons. The predicted molar refractivity (Wildman–Crippen MR) is 80.3 cm³/mol. The highest BCUT2D eigenvalue weighted by Gasteiger charge is 2.53. The molecule has 0 spiro atoms. The standard InChI is InChI=1S/C17H21NO2/c1-10-14(17(7-8-17)15(19)20)12-9-11(16(2,3)4)5-6-13(12)18-10/h5-6,9,18H,7-8H2,1-4H3,(H,19,20). The summed E-state index contributed by atoms with van der Waals surface area (Å²) in [6, 6.07) is 6.36. The van der Waals surface area contributed by atoms with Crippen molar-refractivity contribution in [3.05, 3.63) is 35.0 Å². The van der Waals surface area contributed by atoms with Crippen molar-refractivity contribution < 1.29 is 9.90 Å². The number of carboxylic acids is 1. The van der Waals surface area contributed by atoms with Crippen LogP contribution in [0.1, 0.15) is 50.4 Å². The number of carboxylic acid groups (broad SMARTS) is 1. The largest absolute Gasteiger partial charge is 0.481 e. The van der Waals surface area contributed by atoms with Gasteiger partial charge in [0.1, 0.15) is 0 Å². The second-order valence-corrected chi connectivity index (χ2v) is 7.02. The summed E-state index contributed by atoms with van der Waals surface area (Å²) in [5.74, 6) is -0.692. The molecule has 1 aliphatic carbocycles. The van der Waals surface area contributed by atoms with E-state index in [0.717, 1.165) is 35.0 Å². The molecular weight excluding hydrogens is 250 g/mol. The molecule has 1 aliphatic rings. The zero-order valence-corrected chi connectivity index (χ0v) is 12.5. The van der Waals surface area contributed by atoms with Crippen molar-refractivity contribution in [1.82, 2.24) is 4.98 Å². The number of aryl methyl sites for hydroxylation is 1. The lowest BCUT2D eigenvalue weighted by molar-refractivity contribution is -0.140. The van der Waals surface area contributed by atoms with Gasteiger partial charge in [-0.25, -0.2) is 0 Å². The van der Waals surface area contributed by atoms with Crippen LogP contribution in [0.2, 0.25) is 0 Å². The third kappa shape index (κ3) is 1.76. The van der Waals surface area contributed by atoms with E-state index in [9.17, 15) is 9.90 Å². The van der Waals surface area contributed by atoms with Crippen LogP contribution in [0.15, 0.2) is 18.2 Å². The molecule has 0 aliphatic heterocycles. The molecule has 0 atom stereocenters. The summed E-state index contributed by atoms with van der Waals surface area (Å²) in [7, 11) is 0. The first-order chi connectivity index (χ1) is 9.25. The first-order valence-electron chi connectivity index (χ1n) is 7.12. The average Bonchev–Trinajstić information content (AvgIpc) is 3.05. The monoisotopic (exact) mass is 271 g/mol. The van der Waals surface area contributed by atoms with Crippen LogP contribution in [-0.2, 0) is 15.6 Å². The molecule has 0 amide bonds. The van der Waals surface area contributed by atoms with Gasteiger partial charge in [0.05, 0.1) is 5.41 Å². The Balaban J connectivity index is 2.27. The molecule has 2 N–H and O–H groups in total. The van der Waals surface area contributed by atoms with E-state index in [1.165, 1.54) is 5.56 Å². The Bertz CT molecular complexity index is 700. The van der Waals surface area contributed by atoms with Gasteiger partial charge in [0.15, 0.2) is 0 Å². The summed E-state index contributed by atoms with van der Waals surface area (Å²) in [5, 5.41) is 10.7. The summed E-state index contributed by atoms with van der Waals surface area (Å²) in [4.78, 5) is 15.0. The van der Waals surface area contributed by atoms with Crippen molar-refractivity contribution in [3.8, 4) is 0 Å². The van der Waals surface area contributed by atoms with Gasteiger partial charge in [-0.3, -0.25) is 4.79 Å². The van der Waals surface area contributed by atoms with Gasteiger partial charge in [-0.05, 0) is 48.4 Å². The molecule has 20 heavy (non-hydrogen) atoms. The molecule has 1 aromatic heterocycles. The molecule has 0 saturated heterocycles. The smallest absolute Gasteiger partial charge is 0.314 e. The van der Waals surface area contributed by atoms with Crippen LogP contribution >= 0.6 is 0 Å². The van der Waals surface area contributed by atoms with Crippen LogP contribution in [0.4, 0.5) is 0 Å². The minimum absolute atomic E-state index is 0.0660. The lowest BCUT2D eigenvalue weighted by atomic mass is 9.85. The summed E-state index contributed by atoms with van der Waals surface area (Å²) in [6.45, 7) is 8.52. The topological polar surface area (TPSA) is 53.1 Å². The van der Waals surface area contributed by atoms with Crippen LogP contribution < -0.4 is 0 Å². The molecule has 0 unspecified atom stereocenters. The molecule has 3 heteroatoms.